The highest BCUT2D eigenvalue weighted by atomic mass is 35.5. The predicted molar refractivity (Wildman–Crippen MR) is 78.9 cm³/mol. The number of halogens is 3. The number of carbonyl (C=O) groups is 1. The zero-order valence-electron chi connectivity index (χ0n) is 9.91. The highest BCUT2D eigenvalue weighted by Crippen LogP contribution is 2.34. The average molecular weight is 333 g/mol. The summed E-state index contributed by atoms with van der Waals surface area (Å²) in [5, 5.41) is 9.56. The summed E-state index contributed by atoms with van der Waals surface area (Å²) in [6, 6.07) is 4.67. The summed E-state index contributed by atoms with van der Waals surface area (Å²) in [6.07, 6.45) is 1.10. The van der Waals surface area contributed by atoms with Crippen LogP contribution in [0.1, 0.15) is 5.56 Å². The molecule has 0 saturated heterocycles. The van der Waals surface area contributed by atoms with E-state index in [1.54, 1.807) is 12.1 Å². The summed E-state index contributed by atoms with van der Waals surface area (Å²) < 4.78 is 0. The summed E-state index contributed by atoms with van der Waals surface area (Å²) >= 11 is 17.7. The number of aromatic nitrogens is 1. The van der Waals surface area contributed by atoms with Gasteiger partial charge in [0.25, 0.3) is 5.56 Å². The molecule has 0 radical (unpaired) electrons. The Labute approximate surface area is 128 Å². The molecule has 2 rings (SSSR count). The zero-order valence-corrected chi connectivity index (χ0v) is 12.2. The van der Waals surface area contributed by atoms with Crippen LogP contribution in [0.5, 0.6) is 0 Å². The Kier molecular flexibility index (Phi) is 4.38. The molecule has 1 aromatic heterocycles. The number of benzene rings is 1. The smallest absolute Gasteiger partial charge is 0.308 e. The molecular weight excluding hydrogens is 325 g/mol. The largest absolute Gasteiger partial charge is 0.481 e. The molecule has 20 heavy (non-hydrogen) atoms. The highest BCUT2D eigenvalue weighted by Gasteiger charge is 2.11. The molecule has 0 aliphatic rings. The van der Waals surface area contributed by atoms with E-state index in [4.69, 9.17) is 39.9 Å². The zero-order chi connectivity index (χ0) is 14.9. The molecule has 0 unspecified atom stereocenters. The van der Waals surface area contributed by atoms with E-state index < -0.39 is 11.5 Å². The molecule has 2 aromatic rings. The van der Waals surface area contributed by atoms with E-state index in [2.05, 4.69) is 4.98 Å². The molecule has 0 aliphatic heterocycles. The number of hydrogen-bond donors (Lipinski definition) is 2. The maximum absolute atomic E-state index is 11.5. The molecule has 0 spiro atoms. The first-order chi connectivity index (χ1) is 9.38. The van der Waals surface area contributed by atoms with Crippen molar-refractivity contribution in [3.63, 3.8) is 0 Å². The van der Waals surface area contributed by atoms with E-state index in [9.17, 15) is 9.59 Å². The molecule has 7 heteroatoms. The summed E-state index contributed by atoms with van der Waals surface area (Å²) in [5.74, 6) is -1.08. The fourth-order valence-corrected chi connectivity index (χ4v) is 2.31. The van der Waals surface area contributed by atoms with E-state index in [-0.39, 0.29) is 27.1 Å². The van der Waals surface area contributed by atoms with Crippen molar-refractivity contribution in [3.8, 4) is 11.1 Å². The molecule has 104 valence electrons. The van der Waals surface area contributed by atoms with Crippen LogP contribution in [0.25, 0.3) is 11.1 Å². The van der Waals surface area contributed by atoms with Crippen molar-refractivity contribution in [1.29, 1.82) is 0 Å². The van der Waals surface area contributed by atoms with Crippen LogP contribution in [0, 0.1) is 0 Å². The Bertz CT molecular complexity index is 717. The number of hydrogen-bond acceptors (Lipinski definition) is 2. The second-order valence-electron chi connectivity index (χ2n) is 4.07. The number of nitrogens with one attached hydrogen (secondary N) is 1. The first-order valence-corrected chi connectivity index (χ1v) is 6.60. The van der Waals surface area contributed by atoms with Gasteiger partial charge in [-0.2, -0.15) is 0 Å². The van der Waals surface area contributed by atoms with Gasteiger partial charge in [-0.15, -0.1) is 0 Å². The van der Waals surface area contributed by atoms with E-state index in [0.29, 0.717) is 11.1 Å². The Hall–Kier alpha value is -1.49. The normalized spacial score (nSPS) is 10.6. The predicted octanol–water partition coefficient (Wildman–Crippen LogP) is 3.63. The van der Waals surface area contributed by atoms with Crippen LogP contribution >= 0.6 is 34.8 Å². The second kappa shape index (κ2) is 5.87. The number of carboxylic acid groups (broad SMARTS) is 1. The van der Waals surface area contributed by atoms with Crippen molar-refractivity contribution >= 4 is 40.8 Å². The number of pyridine rings is 1. The molecule has 1 heterocycles. The number of rotatable bonds is 3. The van der Waals surface area contributed by atoms with Gasteiger partial charge in [0.1, 0.15) is 0 Å². The van der Waals surface area contributed by atoms with Gasteiger partial charge in [0.2, 0.25) is 0 Å². The van der Waals surface area contributed by atoms with Gasteiger partial charge in [-0.05, 0) is 29.3 Å². The molecular formula is C13H8Cl3NO3. The third-order valence-electron chi connectivity index (χ3n) is 2.64. The van der Waals surface area contributed by atoms with Gasteiger partial charge in [0.05, 0.1) is 21.5 Å². The van der Waals surface area contributed by atoms with E-state index in [1.807, 2.05) is 0 Å². The minimum Gasteiger partial charge on any atom is -0.481 e. The summed E-state index contributed by atoms with van der Waals surface area (Å²) in [6.45, 7) is 0. The lowest BCUT2D eigenvalue weighted by molar-refractivity contribution is -0.136. The molecule has 0 saturated carbocycles. The topological polar surface area (TPSA) is 70.2 Å². The number of aromatic amines is 1. The van der Waals surface area contributed by atoms with Crippen LogP contribution in [0.2, 0.25) is 15.1 Å². The van der Waals surface area contributed by atoms with Crippen molar-refractivity contribution in [2.75, 3.05) is 0 Å². The molecule has 2 N–H and O–H groups in total. The van der Waals surface area contributed by atoms with Gasteiger partial charge in [0.15, 0.2) is 0 Å². The van der Waals surface area contributed by atoms with E-state index in [0.717, 1.165) is 0 Å². The molecule has 0 bridgehead atoms. The van der Waals surface area contributed by atoms with Crippen LogP contribution < -0.4 is 5.56 Å². The molecule has 1 aromatic carbocycles. The fraction of sp³-hybridized carbons (Fsp3) is 0.0769. The quantitative estimate of drug-likeness (QED) is 0.843. The maximum Gasteiger partial charge on any atom is 0.308 e. The Morgan fingerprint density at radius 2 is 1.70 bits per heavy atom. The number of carboxylic acids is 1. The van der Waals surface area contributed by atoms with Crippen LogP contribution in [0.15, 0.2) is 29.2 Å². The Morgan fingerprint density at radius 1 is 1.10 bits per heavy atom. The average Bonchev–Trinajstić information content (AvgIpc) is 2.37. The minimum absolute atomic E-state index is 0.150. The van der Waals surface area contributed by atoms with Crippen LogP contribution in [0.3, 0.4) is 0 Å². The first kappa shape index (κ1) is 14.9. The lowest BCUT2D eigenvalue weighted by Crippen LogP contribution is -2.15. The van der Waals surface area contributed by atoms with Crippen molar-refractivity contribution in [1.82, 2.24) is 4.98 Å². The monoisotopic (exact) mass is 331 g/mol. The molecule has 0 aliphatic carbocycles. The second-order valence-corrected chi connectivity index (χ2v) is 5.26. The highest BCUT2D eigenvalue weighted by molar-refractivity contribution is 6.48. The van der Waals surface area contributed by atoms with Crippen LogP contribution in [-0.4, -0.2) is 16.1 Å². The first-order valence-electron chi connectivity index (χ1n) is 5.47. The number of aliphatic carboxylic acids is 1. The van der Waals surface area contributed by atoms with Crippen molar-refractivity contribution < 1.29 is 9.90 Å². The molecule has 0 atom stereocenters. The van der Waals surface area contributed by atoms with Gasteiger partial charge >= 0.3 is 5.97 Å². The third kappa shape index (κ3) is 3.15. The molecule has 0 fully saturated rings. The lowest BCUT2D eigenvalue weighted by atomic mass is 10.0. The van der Waals surface area contributed by atoms with E-state index >= 15 is 0 Å². The number of H-pyrrole nitrogens is 1. The standard InChI is InChI=1S/C13H8Cl3NO3/c14-9-2-6(3-10(15)12(9)16)8-1-7(4-11(18)19)13(20)17-5-8/h1-3,5H,4H2,(H,17,20)(H,18,19). The Morgan fingerprint density at radius 3 is 2.25 bits per heavy atom. The minimum atomic E-state index is -1.08. The van der Waals surface area contributed by atoms with Crippen molar-refractivity contribution in [2.45, 2.75) is 6.42 Å². The summed E-state index contributed by atoms with van der Waals surface area (Å²) in [7, 11) is 0. The van der Waals surface area contributed by atoms with Gasteiger partial charge in [-0.3, -0.25) is 9.59 Å². The SMILES string of the molecule is O=C(O)Cc1cc(-c2cc(Cl)c(Cl)c(Cl)c2)c[nH]c1=O. The lowest BCUT2D eigenvalue weighted by Gasteiger charge is -2.07. The van der Waals surface area contributed by atoms with Gasteiger partial charge < -0.3 is 10.1 Å². The fourth-order valence-electron chi connectivity index (χ4n) is 1.71. The van der Waals surface area contributed by atoms with E-state index in [1.165, 1.54) is 12.3 Å². The van der Waals surface area contributed by atoms with Crippen molar-refractivity contribution in [2.24, 2.45) is 0 Å². The van der Waals surface area contributed by atoms with Gasteiger partial charge in [-0.1, -0.05) is 34.8 Å². The summed E-state index contributed by atoms with van der Waals surface area (Å²) in [4.78, 5) is 24.7. The summed E-state index contributed by atoms with van der Waals surface area (Å²) in [5.41, 5.74) is 0.938. The molecule has 0 amide bonds. The Balaban J connectivity index is 2.53. The van der Waals surface area contributed by atoms with Crippen molar-refractivity contribution in [3.05, 3.63) is 55.4 Å². The third-order valence-corrected chi connectivity index (χ3v) is 3.84. The maximum atomic E-state index is 11.5. The van der Waals surface area contributed by atoms with Crippen LogP contribution in [0.4, 0.5) is 0 Å². The van der Waals surface area contributed by atoms with Crippen LogP contribution in [-0.2, 0) is 11.2 Å². The van der Waals surface area contributed by atoms with Gasteiger partial charge in [0, 0.05) is 11.8 Å². The molecule has 4 nitrogen and oxygen atoms in total. The van der Waals surface area contributed by atoms with Gasteiger partial charge in [-0.25, -0.2) is 0 Å².